The molecular weight excluding hydrogens is 374 g/mol. The van der Waals surface area contributed by atoms with Crippen molar-refractivity contribution >= 4 is 44.2 Å². The summed E-state index contributed by atoms with van der Waals surface area (Å²) >= 11 is 7.44. The maximum absolute atomic E-state index is 12.4. The van der Waals surface area contributed by atoms with E-state index in [0.29, 0.717) is 23.2 Å². The van der Waals surface area contributed by atoms with Crippen molar-refractivity contribution in [1.29, 1.82) is 0 Å². The van der Waals surface area contributed by atoms with Crippen LogP contribution in [0.5, 0.6) is 0 Å². The van der Waals surface area contributed by atoms with Crippen molar-refractivity contribution in [1.82, 2.24) is 9.88 Å². The van der Waals surface area contributed by atoms with E-state index in [0.717, 1.165) is 42.6 Å². The molecule has 2 aliphatic rings. The van der Waals surface area contributed by atoms with Crippen LogP contribution in [0.3, 0.4) is 0 Å². The average molecular weight is 396 g/mol. The van der Waals surface area contributed by atoms with Crippen molar-refractivity contribution in [3.63, 3.8) is 0 Å². The maximum atomic E-state index is 12.4. The van der Waals surface area contributed by atoms with E-state index in [-0.39, 0.29) is 17.6 Å². The Hall–Kier alpha value is -1.25. The first kappa shape index (κ1) is 18.1. The minimum atomic E-state index is -0.159. The smallest absolute Gasteiger partial charge is 0.240 e. The van der Waals surface area contributed by atoms with Gasteiger partial charge in [0, 0.05) is 31.8 Å². The van der Waals surface area contributed by atoms with E-state index in [1.54, 1.807) is 13.2 Å². The topological polar surface area (TPSA) is 63.7 Å². The summed E-state index contributed by atoms with van der Waals surface area (Å²) in [5.41, 5.74) is 0.682. The highest BCUT2D eigenvalue weighted by molar-refractivity contribution is 7.22. The predicted molar refractivity (Wildman–Crippen MR) is 103 cm³/mol. The van der Waals surface area contributed by atoms with Crippen LogP contribution in [0.1, 0.15) is 19.3 Å². The van der Waals surface area contributed by atoms with Gasteiger partial charge in [-0.2, -0.15) is 0 Å². The maximum Gasteiger partial charge on any atom is 0.240 e. The quantitative estimate of drug-likeness (QED) is 0.861. The van der Waals surface area contributed by atoms with Gasteiger partial charge in [-0.15, -0.1) is 0 Å². The number of methoxy groups -OCH3 is 1. The van der Waals surface area contributed by atoms with Gasteiger partial charge < -0.3 is 14.8 Å². The van der Waals surface area contributed by atoms with E-state index in [4.69, 9.17) is 21.1 Å². The van der Waals surface area contributed by atoms with Crippen LogP contribution in [-0.2, 0) is 14.3 Å². The summed E-state index contributed by atoms with van der Waals surface area (Å²) in [5, 5.41) is 4.17. The number of thiazole rings is 1. The summed E-state index contributed by atoms with van der Waals surface area (Å²) in [7, 11) is 1.73. The second-order valence-corrected chi connectivity index (χ2v) is 8.37. The standard InChI is InChI=1S/C18H22ClN3O3S/c1-24-15-10-22(7-6-18(15)5-2-8-25-18)11-16(23)21-17-20-13-4-3-12(19)9-14(13)26-17/h3-4,9,15H,2,5-8,10-11H2,1H3,(H,20,21,23)/t15-,18-/m1/s1. The average Bonchev–Trinajstić information content (AvgIpc) is 3.23. The van der Waals surface area contributed by atoms with Crippen molar-refractivity contribution in [2.75, 3.05) is 38.7 Å². The molecular formula is C18H22ClN3O3S. The molecule has 140 valence electrons. The molecule has 26 heavy (non-hydrogen) atoms. The van der Waals surface area contributed by atoms with Gasteiger partial charge >= 0.3 is 0 Å². The van der Waals surface area contributed by atoms with Gasteiger partial charge in [-0.3, -0.25) is 9.69 Å². The molecule has 0 aliphatic carbocycles. The van der Waals surface area contributed by atoms with Crippen molar-refractivity contribution < 1.29 is 14.3 Å². The summed E-state index contributed by atoms with van der Waals surface area (Å²) in [5.74, 6) is -0.0618. The molecule has 0 bridgehead atoms. The van der Waals surface area contributed by atoms with Crippen LogP contribution < -0.4 is 5.32 Å². The Bertz CT molecular complexity index is 806. The Morgan fingerprint density at radius 1 is 1.54 bits per heavy atom. The van der Waals surface area contributed by atoms with Crippen molar-refractivity contribution in [3.05, 3.63) is 23.2 Å². The van der Waals surface area contributed by atoms with Crippen LogP contribution in [0, 0.1) is 0 Å². The molecule has 0 unspecified atom stereocenters. The first-order valence-electron chi connectivity index (χ1n) is 8.83. The molecule has 4 rings (SSSR count). The highest BCUT2D eigenvalue weighted by Gasteiger charge is 2.46. The zero-order valence-electron chi connectivity index (χ0n) is 14.7. The van der Waals surface area contributed by atoms with Gasteiger partial charge in [0.1, 0.15) is 0 Å². The Morgan fingerprint density at radius 3 is 3.19 bits per heavy atom. The third-order valence-corrected chi connectivity index (χ3v) is 6.41. The van der Waals surface area contributed by atoms with E-state index in [1.807, 2.05) is 12.1 Å². The highest BCUT2D eigenvalue weighted by Crippen LogP contribution is 2.37. The Morgan fingerprint density at radius 2 is 2.42 bits per heavy atom. The van der Waals surface area contributed by atoms with Gasteiger partial charge in [0.25, 0.3) is 0 Å². The molecule has 0 radical (unpaired) electrons. The van der Waals surface area contributed by atoms with Gasteiger partial charge in [0.15, 0.2) is 5.13 Å². The molecule has 2 atom stereocenters. The normalized spacial score (nSPS) is 26.6. The first-order chi connectivity index (χ1) is 12.6. The summed E-state index contributed by atoms with van der Waals surface area (Å²) in [6.45, 7) is 2.68. The molecule has 1 aromatic carbocycles. The number of anilines is 1. The summed E-state index contributed by atoms with van der Waals surface area (Å²) in [6.07, 6.45) is 3.04. The lowest BCUT2D eigenvalue weighted by Crippen LogP contribution is -2.57. The van der Waals surface area contributed by atoms with Crippen molar-refractivity contribution in [2.45, 2.75) is 31.0 Å². The SMILES string of the molecule is CO[C@@H]1CN(CC(=O)Nc2nc3ccc(Cl)cc3s2)CC[C@]12CCCO2. The number of nitrogens with zero attached hydrogens (tertiary/aromatic N) is 2. The summed E-state index contributed by atoms with van der Waals surface area (Å²) in [4.78, 5) is 19.0. The van der Waals surface area contributed by atoms with E-state index in [2.05, 4.69) is 15.2 Å². The third kappa shape index (κ3) is 3.59. The second kappa shape index (κ2) is 7.40. The monoisotopic (exact) mass is 395 g/mol. The number of carbonyl (C=O) groups is 1. The molecule has 3 heterocycles. The van der Waals surface area contributed by atoms with Crippen LogP contribution >= 0.6 is 22.9 Å². The number of nitrogens with one attached hydrogen (secondary N) is 1. The van der Waals surface area contributed by atoms with Crippen molar-refractivity contribution in [3.8, 4) is 0 Å². The zero-order valence-corrected chi connectivity index (χ0v) is 16.2. The summed E-state index contributed by atoms with van der Waals surface area (Å²) in [6, 6.07) is 5.52. The number of fused-ring (bicyclic) bond motifs is 1. The van der Waals surface area contributed by atoms with E-state index >= 15 is 0 Å². The number of carbonyl (C=O) groups excluding carboxylic acids is 1. The fourth-order valence-electron chi connectivity index (χ4n) is 3.92. The number of rotatable bonds is 4. The largest absolute Gasteiger partial charge is 0.377 e. The summed E-state index contributed by atoms with van der Waals surface area (Å²) < 4.78 is 12.7. The number of likely N-dealkylation sites (tertiary alicyclic amines) is 1. The molecule has 2 aromatic rings. The number of ether oxygens (including phenoxy) is 2. The molecule has 1 N–H and O–H groups in total. The first-order valence-corrected chi connectivity index (χ1v) is 10.0. The number of benzene rings is 1. The molecule has 1 spiro atoms. The Labute approximate surface area is 161 Å². The number of amides is 1. The fourth-order valence-corrected chi connectivity index (χ4v) is 5.08. The van der Waals surface area contributed by atoms with E-state index in [1.165, 1.54) is 11.3 Å². The van der Waals surface area contributed by atoms with Gasteiger partial charge in [0.2, 0.25) is 5.91 Å². The fraction of sp³-hybridized carbons (Fsp3) is 0.556. The molecule has 2 aliphatic heterocycles. The Balaban J connectivity index is 1.37. The van der Waals surface area contributed by atoms with Gasteiger partial charge in [0.05, 0.1) is 28.5 Å². The van der Waals surface area contributed by atoms with Crippen LogP contribution in [0.25, 0.3) is 10.2 Å². The van der Waals surface area contributed by atoms with Crippen LogP contribution in [0.2, 0.25) is 5.02 Å². The zero-order chi connectivity index (χ0) is 18.1. The number of halogens is 1. The molecule has 0 saturated carbocycles. The molecule has 2 fully saturated rings. The number of piperidine rings is 1. The lowest BCUT2D eigenvalue weighted by molar-refractivity contribution is -0.145. The van der Waals surface area contributed by atoms with Crippen LogP contribution in [0.4, 0.5) is 5.13 Å². The Kier molecular flexibility index (Phi) is 5.16. The lowest BCUT2D eigenvalue weighted by atomic mass is 9.86. The predicted octanol–water partition coefficient (Wildman–Crippen LogP) is 3.16. The highest BCUT2D eigenvalue weighted by atomic mass is 35.5. The number of hydrogen-bond acceptors (Lipinski definition) is 6. The minimum absolute atomic E-state index is 0.0103. The molecule has 2 saturated heterocycles. The van der Waals surface area contributed by atoms with Gasteiger partial charge in [-0.1, -0.05) is 22.9 Å². The molecule has 1 aromatic heterocycles. The van der Waals surface area contributed by atoms with E-state index in [9.17, 15) is 4.79 Å². The number of hydrogen-bond donors (Lipinski definition) is 1. The van der Waals surface area contributed by atoms with Crippen LogP contribution in [-0.4, -0.2) is 60.8 Å². The molecule has 6 nitrogen and oxygen atoms in total. The molecule has 1 amide bonds. The van der Waals surface area contributed by atoms with Crippen molar-refractivity contribution in [2.24, 2.45) is 0 Å². The number of aromatic nitrogens is 1. The van der Waals surface area contributed by atoms with Gasteiger partial charge in [-0.05, 0) is 37.5 Å². The van der Waals surface area contributed by atoms with E-state index < -0.39 is 0 Å². The van der Waals surface area contributed by atoms with Gasteiger partial charge in [-0.25, -0.2) is 4.98 Å². The minimum Gasteiger partial charge on any atom is -0.377 e. The molecule has 8 heteroatoms. The second-order valence-electron chi connectivity index (χ2n) is 6.91. The lowest BCUT2D eigenvalue weighted by Gasteiger charge is -2.44. The third-order valence-electron chi connectivity index (χ3n) is 5.24. The van der Waals surface area contributed by atoms with Crippen LogP contribution in [0.15, 0.2) is 18.2 Å².